The maximum absolute atomic E-state index is 6.10. The normalized spacial score (nSPS) is 12.8. The maximum Gasteiger partial charge on any atom is 0.0708 e. The molecular formula is C15H19ClN2O. The average Bonchev–Trinajstić information content (AvgIpc) is 2.38. The van der Waals surface area contributed by atoms with Gasteiger partial charge in [-0.3, -0.25) is 4.98 Å². The van der Waals surface area contributed by atoms with Gasteiger partial charge in [0.2, 0.25) is 0 Å². The van der Waals surface area contributed by atoms with E-state index in [4.69, 9.17) is 16.3 Å². The maximum atomic E-state index is 6.10. The highest BCUT2D eigenvalue weighted by molar-refractivity contribution is 6.20. The summed E-state index contributed by atoms with van der Waals surface area (Å²) >= 11 is 6.10. The Labute approximate surface area is 118 Å². The lowest BCUT2D eigenvalue weighted by Gasteiger charge is -2.12. The summed E-state index contributed by atoms with van der Waals surface area (Å²) in [7, 11) is 1.66. The number of aryl methyl sites for hydroxylation is 1. The molecule has 2 rings (SSSR count). The first-order valence-electron chi connectivity index (χ1n) is 6.39. The molecule has 0 saturated carbocycles. The Morgan fingerprint density at radius 1 is 1.37 bits per heavy atom. The Balaban J connectivity index is 2.08. The Morgan fingerprint density at radius 2 is 2.16 bits per heavy atom. The first-order chi connectivity index (χ1) is 9.20. The van der Waals surface area contributed by atoms with Gasteiger partial charge in [0.25, 0.3) is 0 Å². The number of ether oxygens (including phenoxy) is 1. The molecule has 1 aromatic heterocycles. The summed E-state index contributed by atoms with van der Waals surface area (Å²) in [5.74, 6) is 0. The number of benzene rings is 1. The number of nitrogens with zero attached hydrogens (tertiary/aromatic N) is 1. The van der Waals surface area contributed by atoms with Crippen LogP contribution in [0, 0.1) is 6.92 Å². The van der Waals surface area contributed by atoms with E-state index in [0.29, 0.717) is 6.61 Å². The molecule has 0 aliphatic heterocycles. The number of aromatic nitrogens is 1. The summed E-state index contributed by atoms with van der Waals surface area (Å²) in [5, 5.41) is 4.56. The molecule has 0 amide bonds. The summed E-state index contributed by atoms with van der Waals surface area (Å²) in [6.07, 6.45) is 0. The van der Waals surface area contributed by atoms with Crippen LogP contribution in [0.1, 0.15) is 11.3 Å². The van der Waals surface area contributed by atoms with E-state index in [1.807, 2.05) is 25.1 Å². The van der Waals surface area contributed by atoms with Crippen molar-refractivity contribution in [1.29, 1.82) is 0 Å². The Hall–Kier alpha value is -1.16. The molecule has 0 aliphatic rings. The van der Waals surface area contributed by atoms with Crippen molar-refractivity contribution >= 4 is 22.5 Å². The minimum absolute atomic E-state index is 0.000742. The van der Waals surface area contributed by atoms with Gasteiger partial charge < -0.3 is 10.1 Å². The van der Waals surface area contributed by atoms with E-state index in [0.717, 1.165) is 24.3 Å². The summed E-state index contributed by atoms with van der Waals surface area (Å²) in [6, 6.07) is 10.3. The molecule has 1 aromatic carbocycles. The first-order valence-corrected chi connectivity index (χ1v) is 6.83. The predicted molar refractivity (Wildman–Crippen MR) is 79.7 cm³/mol. The number of alkyl halides is 1. The van der Waals surface area contributed by atoms with Crippen molar-refractivity contribution in [1.82, 2.24) is 10.3 Å². The molecule has 0 aliphatic carbocycles. The number of fused-ring (bicyclic) bond motifs is 1. The summed E-state index contributed by atoms with van der Waals surface area (Å²) in [4.78, 5) is 4.54. The number of halogens is 1. The van der Waals surface area contributed by atoms with Gasteiger partial charge in [-0.15, -0.1) is 11.6 Å². The van der Waals surface area contributed by atoms with E-state index in [9.17, 15) is 0 Å². The van der Waals surface area contributed by atoms with Gasteiger partial charge in [0.1, 0.15) is 0 Å². The molecule has 1 heterocycles. The highest BCUT2D eigenvalue weighted by Crippen LogP contribution is 2.17. The topological polar surface area (TPSA) is 34.1 Å². The van der Waals surface area contributed by atoms with Crippen LogP contribution in [-0.2, 0) is 11.3 Å². The second-order valence-electron chi connectivity index (χ2n) is 4.62. The third kappa shape index (κ3) is 3.90. The predicted octanol–water partition coefficient (Wildman–Crippen LogP) is 2.89. The Morgan fingerprint density at radius 3 is 2.95 bits per heavy atom. The van der Waals surface area contributed by atoms with Crippen molar-refractivity contribution in [2.45, 2.75) is 18.8 Å². The zero-order valence-corrected chi connectivity index (χ0v) is 12.1. The van der Waals surface area contributed by atoms with Crippen LogP contribution in [-0.4, -0.2) is 30.6 Å². The second-order valence-corrected chi connectivity index (χ2v) is 5.24. The van der Waals surface area contributed by atoms with Gasteiger partial charge in [0.05, 0.1) is 17.5 Å². The Kier molecular flexibility index (Phi) is 5.14. The zero-order chi connectivity index (χ0) is 13.7. The van der Waals surface area contributed by atoms with Crippen LogP contribution in [0.3, 0.4) is 0 Å². The summed E-state index contributed by atoms with van der Waals surface area (Å²) < 4.78 is 5.01. The molecule has 1 N–H and O–H groups in total. The van der Waals surface area contributed by atoms with Gasteiger partial charge in [-0.2, -0.15) is 0 Å². The van der Waals surface area contributed by atoms with E-state index < -0.39 is 0 Å². The highest BCUT2D eigenvalue weighted by Gasteiger charge is 2.06. The second kappa shape index (κ2) is 6.85. The molecule has 0 spiro atoms. The minimum Gasteiger partial charge on any atom is -0.383 e. The van der Waals surface area contributed by atoms with E-state index in [1.54, 1.807) is 7.11 Å². The van der Waals surface area contributed by atoms with Crippen molar-refractivity contribution in [3.63, 3.8) is 0 Å². The fourth-order valence-electron chi connectivity index (χ4n) is 2.14. The van der Waals surface area contributed by atoms with E-state index >= 15 is 0 Å². The van der Waals surface area contributed by atoms with Crippen LogP contribution in [0.15, 0.2) is 30.3 Å². The standard InChI is InChI=1S/C15H19ClN2O/c1-11-7-12(8-17-9-13(16)10-19-2)14-5-3-4-6-15(14)18-11/h3-7,13,17H,8-10H2,1-2H3. The van der Waals surface area contributed by atoms with E-state index in [2.05, 4.69) is 22.4 Å². The van der Waals surface area contributed by atoms with Crippen molar-refractivity contribution in [3.8, 4) is 0 Å². The number of para-hydroxylation sites is 1. The summed E-state index contributed by atoms with van der Waals surface area (Å²) in [6.45, 7) is 4.10. The van der Waals surface area contributed by atoms with Crippen molar-refractivity contribution in [3.05, 3.63) is 41.6 Å². The van der Waals surface area contributed by atoms with Crippen LogP contribution in [0.25, 0.3) is 10.9 Å². The molecule has 4 heteroatoms. The fraction of sp³-hybridized carbons (Fsp3) is 0.400. The van der Waals surface area contributed by atoms with Crippen LogP contribution in [0.4, 0.5) is 0 Å². The lowest BCUT2D eigenvalue weighted by molar-refractivity contribution is 0.197. The zero-order valence-electron chi connectivity index (χ0n) is 11.3. The van der Waals surface area contributed by atoms with Crippen LogP contribution < -0.4 is 5.32 Å². The summed E-state index contributed by atoms with van der Waals surface area (Å²) in [5.41, 5.74) is 3.33. The smallest absolute Gasteiger partial charge is 0.0708 e. The van der Waals surface area contributed by atoms with Crippen LogP contribution >= 0.6 is 11.6 Å². The third-order valence-corrected chi connectivity index (χ3v) is 3.24. The van der Waals surface area contributed by atoms with Gasteiger partial charge in [0.15, 0.2) is 0 Å². The van der Waals surface area contributed by atoms with Crippen molar-refractivity contribution in [2.24, 2.45) is 0 Å². The lowest BCUT2D eigenvalue weighted by atomic mass is 10.1. The number of hydrogen-bond acceptors (Lipinski definition) is 3. The fourth-order valence-corrected chi connectivity index (χ4v) is 2.38. The number of methoxy groups -OCH3 is 1. The van der Waals surface area contributed by atoms with Gasteiger partial charge in [0, 0.05) is 31.3 Å². The van der Waals surface area contributed by atoms with Crippen LogP contribution in [0.2, 0.25) is 0 Å². The first kappa shape index (κ1) is 14.3. The Bertz CT molecular complexity index is 545. The number of hydrogen-bond donors (Lipinski definition) is 1. The minimum atomic E-state index is -0.000742. The monoisotopic (exact) mass is 278 g/mol. The van der Waals surface area contributed by atoms with E-state index in [1.165, 1.54) is 10.9 Å². The SMILES string of the molecule is COCC(Cl)CNCc1cc(C)nc2ccccc12. The number of rotatable bonds is 6. The quantitative estimate of drug-likeness (QED) is 0.825. The molecule has 0 bridgehead atoms. The third-order valence-electron chi connectivity index (χ3n) is 2.96. The molecule has 0 radical (unpaired) electrons. The lowest BCUT2D eigenvalue weighted by Crippen LogP contribution is -2.26. The molecule has 0 fully saturated rings. The molecular weight excluding hydrogens is 260 g/mol. The molecule has 19 heavy (non-hydrogen) atoms. The van der Waals surface area contributed by atoms with Crippen LogP contribution in [0.5, 0.6) is 0 Å². The molecule has 0 saturated heterocycles. The molecule has 2 aromatic rings. The van der Waals surface area contributed by atoms with E-state index in [-0.39, 0.29) is 5.38 Å². The van der Waals surface area contributed by atoms with Gasteiger partial charge in [-0.25, -0.2) is 0 Å². The van der Waals surface area contributed by atoms with Gasteiger partial charge in [-0.05, 0) is 24.6 Å². The van der Waals surface area contributed by atoms with Gasteiger partial charge in [-0.1, -0.05) is 18.2 Å². The molecule has 3 nitrogen and oxygen atoms in total. The number of nitrogens with one attached hydrogen (secondary N) is 1. The van der Waals surface area contributed by atoms with Crippen molar-refractivity contribution < 1.29 is 4.74 Å². The molecule has 1 unspecified atom stereocenters. The number of pyridine rings is 1. The van der Waals surface area contributed by atoms with Gasteiger partial charge >= 0.3 is 0 Å². The highest BCUT2D eigenvalue weighted by atomic mass is 35.5. The largest absolute Gasteiger partial charge is 0.383 e. The molecule has 102 valence electrons. The van der Waals surface area contributed by atoms with Crippen molar-refractivity contribution in [2.75, 3.05) is 20.3 Å². The molecule has 1 atom stereocenters. The average molecular weight is 279 g/mol.